The lowest BCUT2D eigenvalue weighted by atomic mass is 9.99. The number of hydrogen-bond acceptors (Lipinski definition) is 7. The van der Waals surface area contributed by atoms with Crippen molar-refractivity contribution in [2.45, 2.75) is 25.4 Å². The Morgan fingerprint density at radius 1 is 1.27 bits per heavy atom. The van der Waals surface area contributed by atoms with Gasteiger partial charge in [0.05, 0.1) is 35.2 Å². The number of rotatable bonds is 4. The molecule has 0 amide bonds. The van der Waals surface area contributed by atoms with Crippen LogP contribution in [0.15, 0.2) is 30.3 Å². The Balaban J connectivity index is 1.81. The zero-order chi connectivity index (χ0) is 21.3. The molecule has 154 valence electrons. The quantitative estimate of drug-likeness (QED) is 0.619. The summed E-state index contributed by atoms with van der Waals surface area (Å²) in [5.74, 6) is 1.33. The maximum atomic E-state index is 9.83. The number of fused-ring (bicyclic) bond motifs is 1. The second-order valence-corrected chi connectivity index (χ2v) is 7.80. The van der Waals surface area contributed by atoms with Gasteiger partial charge in [-0.3, -0.25) is 0 Å². The normalized spacial score (nSPS) is 14.7. The van der Waals surface area contributed by atoms with Gasteiger partial charge in [0.2, 0.25) is 0 Å². The number of nitrogen functional groups attached to an aromatic ring is 1. The minimum Gasteiger partial charge on any atom is -0.495 e. The molecule has 3 aromatic rings. The summed E-state index contributed by atoms with van der Waals surface area (Å²) in [4.78, 5) is 2.11. The smallest absolute Gasteiger partial charge is 0.159 e. The number of nitriles is 1. The van der Waals surface area contributed by atoms with Gasteiger partial charge in [0, 0.05) is 30.3 Å². The first-order chi connectivity index (χ1) is 14.5. The molecule has 0 radical (unpaired) electrons. The zero-order valence-corrected chi connectivity index (χ0v) is 17.4. The number of hydrogen-bond donors (Lipinski definition) is 2. The van der Waals surface area contributed by atoms with E-state index in [1.54, 1.807) is 13.2 Å². The third-order valence-electron chi connectivity index (χ3n) is 5.51. The summed E-state index contributed by atoms with van der Waals surface area (Å²) < 4.78 is 5.22. The molecule has 0 bridgehead atoms. The second kappa shape index (κ2) is 8.34. The zero-order valence-electron chi connectivity index (χ0n) is 16.6. The molecule has 30 heavy (non-hydrogen) atoms. The van der Waals surface area contributed by atoms with Crippen molar-refractivity contribution in [3.63, 3.8) is 0 Å². The van der Waals surface area contributed by atoms with E-state index in [-0.39, 0.29) is 6.10 Å². The monoisotopic (exact) mass is 423 g/mol. The van der Waals surface area contributed by atoms with Crippen molar-refractivity contribution < 1.29 is 9.84 Å². The van der Waals surface area contributed by atoms with Crippen LogP contribution in [0.4, 0.5) is 11.5 Å². The van der Waals surface area contributed by atoms with Crippen molar-refractivity contribution in [3.05, 3.63) is 52.2 Å². The molecule has 1 aliphatic rings. The van der Waals surface area contributed by atoms with Crippen molar-refractivity contribution in [2.24, 2.45) is 0 Å². The van der Waals surface area contributed by atoms with Gasteiger partial charge < -0.3 is 20.5 Å². The fourth-order valence-corrected chi connectivity index (χ4v) is 4.15. The number of aromatic nitrogens is 2. The molecule has 2 aromatic carbocycles. The average molecular weight is 424 g/mol. The molecule has 0 unspecified atom stereocenters. The van der Waals surface area contributed by atoms with Gasteiger partial charge in [-0.25, -0.2) is 0 Å². The minimum absolute atomic E-state index is 0.283. The lowest BCUT2D eigenvalue weighted by molar-refractivity contribution is 0.145. The van der Waals surface area contributed by atoms with Crippen LogP contribution in [0.5, 0.6) is 5.75 Å². The van der Waals surface area contributed by atoms with Gasteiger partial charge in [0.1, 0.15) is 11.8 Å². The molecule has 3 N–H and O–H groups in total. The molecule has 0 saturated carbocycles. The summed E-state index contributed by atoms with van der Waals surface area (Å²) in [5.41, 5.74) is 8.81. The Kier molecular flexibility index (Phi) is 5.62. The third kappa shape index (κ3) is 3.72. The molecule has 2 heterocycles. The van der Waals surface area contributed by atoms with Crippen molar-refractivity contribution >= 4 is 33.9 Å². The maximum Gasteiger partial charge on any atom is 0.159 e. The number of anilines is 2. The van der Waals surface area contributed by atoms with E-state index in [4.69, 9.17) is 22.1 Å². The summed E-state index contributed by atoms with van der Waals surface area (Å²) in [7, 11) is 1.57. The highest BCUT2D eigenvalue weighted by molar-refractivity contribution is 6.32. The first kappa shape index (κ1) is 20.2. The summed E-state index contributed by atoms with van der Waals surface area (Å²) >= 11 is 6.28. The van der Waals surface area contributed by atoms with Gasteiger partial charge in [-0.05, 0) is 42.7 Å². The van der Waals surface area contributed by atoms with Crippen LogP contribution in [0.2, 0.25) is 5.02 Å². The second-order valence-electron chi connectivity index (χ2n) is 7.40. The molecule has 1 saturated heterocycles. The van der Waals surface area contributed by atoms with Crippen LogP contribution in [0.3, 0.4) is 0 Å². The Labute approximate surface area is 179 Å². The van der Waals surface area contributed by atoms with E-state index in [1.807, 2.05) is 24.3 Å². The predicted molar refractivity (Wildman–Crippen MR) is 117 cm³/mol. The molecule has 8 heteroatoms. The topological polar surface area (TPSA) is 108 Å². The Hall–Kier alpha value is -3.08. The molecular formula is C22H22ClN5O2. The molecule has 0 atom stereocenters. The number of nitrogens with zero attached hydrogens (tertiary/aromatic N) is 4. The Morgan fingerprint density at radius 2 is 2.03 bits per heavy atom. The number of ether oxygens (including phenoxy) is 1. The number of nitrogens with two attached hydrogens (primary N) is 1. The van der Waals surface area contributed by atoms with E-state index in [1.165, 1.54) is 0 Å². The van der Waals surface area contributed by atoms with Crippen molar-refractivity contribution in [1.82, 2.24) is 10.2 Å². The summed E-state index contributed by atoms with van der Waals surface area (Å²) in [6.45, 7) is 1.39. The first-order valence-electron chi connectivity index (χ1n) is 9.75. The number of piperidine rings is 1. The van der Waals surface area contributed by atoms with Crippen LogP contribution >= 0.6 is 11.6 Å². The maximum absolute atomic E-state index is 9.83. The van der Waals surface area contributed by atoms with Crippen LogP contribution in [0, 0.1) is 11.3 Å². The van der Waals surface area contributed by atoms with Gasteiger partial charge in [0.15, 0.2) is 5.82 Å². The number of halogens is 1. The molecule has 4 rings (SSSR count). The third-order valence-corrected chi connectivity index (χ3v) is 5.81. The van der Waals surface area contributed by atoms with Gasteiger partial charge in [0.25, 0.3) is 0 Å². The van der Waals surface area contributed by atoms with Crippen LogP contribution < -0.4 is 15.4 Å². The Bertz CT molecular complexity index is 1140. The number of methoxy groups -OCH3 is 1. The predicted octanol–water partition coefficient (Wildman–Crippen LogP) is 3.30. The lowest BCUT2D eigenvalue weighted by Crippen LogP contribution is -2.36. The number of aliphatic hydroxyl groups is 1. The molecule has 0 spiro atoms. The molecule has 1 aliphatic heterocycles. The first-order valence-corrected chi connectivity index (χ1v) is 10.1. The number of benzene rings is 2. The lowest BCUT2D eigenvalue weighted by Gasteiger charge is -2.31. The Morgan fingerprint density at radius 3 is 2.70 bits per heavy atom. The molecule has 7 nitrogen and oxygen atoms in total. The average Bonchev–Trinajstić information content (AvgIpc) is 2.75. The highest BCUT2D eigenvalue weighted by Gasteiger charge is 2.23. The summed E-state index contributed by atoms with van der Waals surface area (Å²) in [6, 6.07) is 11.3. The summed E-state index contributed by atoms with van der Waals surface area (Å²) in [6.07, 6.45) is 1.54. The van der Waals surface area contributed by atoms with Crippen LogP contribution in [-0.4, -0.2) is 41.6 Å². The fourth-order valence-electron chi connectivity index (χ4n) is 3.87. The van der Waals surface area contributed by atoms with E-state index < -0.39 is 0 Å². The van der Waals surface area contributed by atoms with Crippen LogP contribution in [0.25, 0.3) is 10.8 Å². The van der Waals surface area contributed by atoms with Crippen molar-refractivity contribution in [2.75, 3.05) is 30.8 Å². The van der Waals surface area contributed by atoms with E-state index in [0.29, 0.717) is 60.1 Å². The van der Waals surface area contributed by atoms with Gasteiger partial charge in [-0.1, -0.05) is 17.7 Å². The highest BCUT2D eigenvalue weighted by Crippen LogP contribution is 2.35. The highest BCUT2D eigenvalue weighted by atomic mass is 35.5. The SMILES string of the molecule is COc1ccc(Cc2nnc(N3CCC(O)CC3)c3ccc(C#N)c(N)c23)cc1Cl. The molecule has 0 aliphatic carbocycles. The van der Waals surface area contributed by atoms with Crippen LogP contribution in [-0.2, 0) is 6.42 Å². The molecule has 1 aromatic heterocycles. The van der Waals surface area contributed by atoms with Gasteiger partial charge in [-0.15, -0.1) is 5.10 Å². The standard InChI is InChI=1S/C22H22ClN5O2/c1-30-19-5-2-13(10-17(19)23)11-18-20-16(4-3-14(12-24)21(20)25)22(27-26-18)28-8-6-15(29)7-9-28/h2-5,10,15,29H,6-9,11,25H2,1H3. The van der Waals surface area contributed by atoms with Gasteiger partial charge >= 0.3 is 0 Å². The van der Waals surface area contributed by atoms with Gasteiger partial charge in [-0.2, -0.15) is 10.4 Å². The largest absolute Gasteiger partial charge is 0.495 e. The fraction of sp³-hybridized carbons (Fsp3) is 0.318. The van der Waals surface area contributed by atoms with E-state index in [0.717, 1.165) is 22.2 Å². The van der Waals surface area contributed by atoms with E-state index in [9.17, 15) is 10.4 Å². The van der Waals surface area contributed by atoms with E-state index in [2.05, 4.69) is 21.2 Å². The minimum atomic E-state index is -0.283. The summed E-state index contributed by atoms with van der Waals surface area (Å²) in [5, 5.41) is 30.4. The number of aliphatic hydroxyl groups excluding tert-OH is 1. The van der Waals surface area contributed by atoms with E-state index >= 15 is 0 Å². The van der Waals surface area contributed by atoms with Crippen molar-refractivity contribution in [1.29, 1.82) is 5.26 Å². The van der Waals surface area contributed by atoms with Crippen molar-refractivity contribution in [3.8, 4) is 11.8 Å². The van der Waals surface area contributed by atoms with Crippen LogP contribution in [0.1, 0.15) is 29.7 Å². The molecule has 1 fully saturated rings. The molecular weight excluding hydrogens is 402 g/mol.